The van der Waals surface area contributed by atoms with Crippen molar-refractivity contribution >= 4 is 33.5 Å². The van der Waals surface area contributed by atoms with E-state index in [1.807, 2.05) is 6.92 Å². The van der Waals surface area contributed by atoms with Crippen LogP contribution in [0.25, 0.3) is 10.9 Å². The van der Waals surface area contributed by atoms with Crippen LogP contribution in [0.15, 0.2) is 34.4 Å². The number of para-hydroxylation sites is 1. The topological polar surface area (TPSA) is 29.6 Å². The van der Waals surface area contributed by atoms with E-state index in [0.717, 1.165) is 24.2 Å². The summed E-state index contributed by atoms with van der Waals surface area (Å²) in [6, 6.07) is 6.50. The molecule has 0 fully saturated rings. The standard InChI is InChI=1S/C15H16ClN3/c1-10(18-15(16)17-2)13-9-19-8-4-6-11-5-3-7-12(13)14(11)19/h3,5,7,9H,4,6,8H2,1-2H3/b17-15-,18-10+. The van der Waals surface area contributed by atoms with Gasteiger partial charge in [-0.25, -0.2) is 4.99 Å². The van der Waals surface area contributed by atoms with Crippen LogP contribution >= 0.6 is 11.6 Å². The van der Waals surface area contributed by atoms with Gasteiger partial charge in [-0.05, 0) is 36.9 Å². The molecular formula is C15H16ClN3. The Hall–Kier alpha value is -1.61. The number of hydrogen-bond acceptors (Lipinski definition) is 1. The Labute approximate surface area is 117 Å². The summed E-state index contributed by atoms with van der Waals surface area (Å²) in [5, 5.41) is 1.56. The van der Waals surface area contributed by atoms with Crippen LogP contribution in [-0.4, -0.2) is 22.6 Å². The van der Waals surface area contributed by atoms with Crippen LogP contribution in [0.4, 0.5) is 0 Å². The Kier molecular flexibility index (Phi) is 3.15. The molecule has 0 aliphatic carbocycles. The summed E-state index contributed by atoms with van der Waals surface area (Å²) in [6.45, 7) is 3.06. The lowest BCUT2D eigenvalue weighted by Crippen LogP contribution is -2.05. The molecule has 1 aliphatic rings. The predicted octanol–water partition coefficient (Wildman–Crippen LogP) is 3.62. The highest BCUT2D eigenvalue weighted by Crippen LogP contribution is 2.29. The molecule has 98 valence electrons. The Morgan fingerprint density at radius 2 is 2.21 bits per heavy atom. The molecule has 1 aliphatic heterocycles. The number of aromatic nitrogens is 1. The molecule has 2 aromatic rings. The summed E-state index contributed by atoms with van der Waals surface area (Å²) in [7, 11) is 1.65. The predicted molar refractivity (Wildman–Crippen MR) is 81.7 cm³/mol. The van der Waals surface area contributed by atoms with Gasteiger partial charge in [-0.15, -0.1) is 0 Å². The lowest BCUT2D eigenvalue weighted by molar-refractivity contribution is 0.636. The van der Waals surface area contributed by atoms with E-state index in [0.29, 0.717) is 5.29 Å². The summed E-state index contributed by atoms with van der Waals surface area (Å²) in [5.41, 5.74) is 4.85. The van der Waals surface area contributed by atoms with Crippen LogP contribution < -0.4 is 0 Å². The van der Waals surface area contributed by atoms with Gasteiger partial charge in [-0.1, -0.05) is 18.2 Å². The van der Waals surface area contributed by atoms with Crippen LogP contribution in [0.1, 0.15) is 24.5 Å². The first-order valence-electron chi connectivity index (χ1n) is 6.49. The number of nitrogens with zero attached hydrogens (tertiary/aromatic N) is 3. The van der Waals surface area contributed by atoms with E-state index in [4.69, 9.17) is 11.6 Å². The molecule has 0 saturated carbocycles. The Morgan fingerprint density at radius 3 is 3.00 bits per heavy atom. The maximum atomic E-state index is 5.90. The zero-order valence-electron chi connectivity index (χ0n) is 11.2. The van der Waals surface area contributed by atoms with E-state index in [1.54, 1.807) is 7.05 Å². The molecule has 0 atom stereocenters. The van der Waals surface area contributed by atoms with Crippen molar-refractivity contribution in [3.63, 3.8) is 0 Å². The van der Waals surface area contributed by atoms with E-state index in [-0.39, 0.29) is 0 Å². The quantitative estimate of drug-likeness (QED) is 0.432. The second-order valence-corrected chi connectivity index (χ2v) is 5.18. The minimum Gasteiger partial charge on any atom is -0.347 e. The second-order valence-electron chi connectivity index (χ2n) is 4.84. The molecule has 1 aromatic heterocycles. The van der Waals surface area contributed by atoms with Crippen molar-refractivity contribution in [2.45, 2.75) is 26.3 Å². The number of rotatable bonds is 1. The Bertz CT molecular complexity index is 695. The summed E-state index contributed by atoms with van der Waals surface area (Å²) >= 11 is 5.90. The van der Waals surface area contributed by atoms with Crippen molar-refractivity contribution in [3.8, 4) is 0 Å². The van der Waals surface area contributed by atoms with Crippen molar-refractivity contribution in [2.75, 3.05) is 7.05 Å². The van der Waals surface area contributed by atoms with E-state index >= 15 is 0 Å². The van der Waals surface area contributed by atoms with Gasteiger partial charge in [0.1, 0.15) is 0 Å². The highest BCUT2D eigenvalue weighted by Gasteiger charge is 2.16. The van der Waals surface area contributed by atoms with Crippen molar-refractivity contribution in [1.29, 1.82) is 0 Å². The van der Waals surface area contributed by atoms with Crippen LogP contribution in [0, 0.1) is 0 Å². The highest BCUT2D eigenvalue weighted by atomic mass is 35.5. The van der Waals surface area contributed by atoms with Crippen molar-refractivity contribution in [2.24, 2.45) is 9.98 Å². The Morgan fingerprint density at radius 1 is 1.37 bits per heavy atom. The summed E-state index contributed by atoms with van der Waals surface area (Å²) in [6.07, 6.45) is 4.55. The van der Waals surface area contributed by atoms with Crippen LogP contribution in [0.3, 0.4) is 0 Å². The molecule has 2 heterocycles. The van der Waals surface area contributed by atoms with Crippen molar-refractivity contribution in [3.05, 3.63) is 35.5 Å². The molecule has 0 N–H and O–H groups in total. The number of hydrogen-bond donors (Lipinski definition) is 0. The molecule has 0 radical (unpaired) electrons. The van der Waals surface area contributed by atoms with Crippen molar-refractivity contribution in [1.82, 2.24) is 4.57 Å². The first kappa shape index (κ1) is 12.4. The molecule has 0 unspecified atom stereocenters. The number of amidine groups is 1. The SMILES string of the molecule is C/N=C(Cl)\N=C(/C)c1cn2c3c(cccc13)CCC2. The zero-order valence-corrected chi connectivity index (χ0v) is 11.9. The molecule has 0 bridgehead atoms. The average molecular weight is 274 g/mol. The molecule has 3 nitrogen and oxygen atoms in total. The fraction of sp³-hybridized carbons (Fsp3) is 0.333. The normalized spacial score (nSPS) is 16.2. The van der Waals surface area contributed by atoms with Gasteiger partial charge in [-0.2, -0.15) is 0 Å². The maximum Gasteiger partial charge on any atom is 0.217 e. The number of aliphatic imine (C=N–C) groups is 2. The number of benzene rings is 1. The van der Waals surface area contributed by atoms with Crippen LogP contribution in [0.2, 0.25) is 0 Å². The third-order valence-electron chi connectivity index (χ3n) is 3.66. The third-order valence-corrected chi connectivity index (χ3v) is 3.91. The van der Waals surface area contributed by atoms with Crippen molar-refractivity contribution < 1.29 is 0 Å². The smallest absolute Gasteiger partial charge is 0.217 e. The van der Waals surface area contributed by atoms with Gasteiger partial charge in [-0.3, -0.25) is 4.99 Å². The largest absolute Gasteiger partial charge is 0.347 e. The van der Waals surface area contributed by atoms with Crippen LogP contribution in [0.5, 0.6) is 0 Å². The van der Waals surface area contributed by atoms with Gasteiger partial charge in [0.25, 0.3) is 0 Å². The average Bonchev–Trinajstić information content (AvgIpc) is 2.80. The summed E-state index contributed by atoms with van der Waals surface area (Å²) in [5.74, 6) is 0. The van der Waals surface area contributed by atoms with Crippen LogP contribution in [-0.2, 0) is 13.0 Å². The third kappa shape index (κ3) is 2.08. The molecule has 3 rings (SSSR count). The molecule has 0 spiro atoms. The van der Waals surface area contributed by atoms with E-state index in [9.17, 15) is 0 Å². The molecule has 4 heteroatoms. The van der Waals surface area contributed by atoms with Gasteiger partial charge in [0.15, 0.2) is 0 Å². The van der Waals surface area contributed by atoms with E-state index < -0.39 is 0 Å². The van der Waals surface area contributed by atoms with Gasteiger partial charge in [0.05, 0.1) is 11.2 Å². The van der Waals surface area contributed by atoms with E-state index in [1.165, 1.54) is 22.9 Å². The second kappa shape index (κ2) is 4.82. The minimum atomic E-state index is 0.296. The number of aryl methyl sites for hydroxylation is 2. The highest BCUT2D eigenvalue weighted by molar-refractivity contribution is 6.65. The lowest BCUT2D eigenvalue weighted by atomic mass is 10.0. The Balaban J connectivity index is 2.22. The van der Waals surface area contributed by atoms with Gasteiger partial charge in [0, 0.05) is 30.7 Å². The van der Waals surface area contributed by atoms with E-state index in [2.05, 4.69) is 38.9 Å². The summed E-state index contributed by atoms with van der Waals surface area (Å²) in [4.78, 5) is 8.21. The molecular weight excluding hydrogens is 258 g/mol. The fourth-order valence-electron chi connectivity index (χ4n) is 2.79. The maximum absolute atomic E-state index is 5.90. The minimum absolute atomic E-state index is 0.296. The monoisotopic (exact) mass is 273 g/mol. The molecule has 19 heavy (non-hydrogen) atoms. The number of halogens is 1. The summed E-state index contributed by atoms with van der Waals surface area (Å²) < 4.78 is 2.33. The fourth-order valence-corrected chi connectivity index (χ4v) is 2.92. The van der Waals surface area contributed by atoms with Gasteiger partial charge >= 0.3 is 0 Å². The first-order chi connectivity index (χ1) is 9.20. The van der Waals surface area contributed by atoms with Gasteiger partial charge < -0.3 is 4.57 Å². The zero-order chi connectivity index (χ0) is 13.4. The molecule has 0 amide bonds. The molecule has 1 aromatic carbocycles. The lowest BCUT2D eigenvalue weighted by Gasteiger charge is -2.14. The van der Waals surface area contributed by atoms with Gasteiger partial charge in [0.2, 0.25) is 5.29 Å². The first-order valence-corrected chi connectivity index (χ1v) is 6.87. The molecule has 0 saturated heterocycles.